The molecule has 3 aromatic heterocycles. The highest BCUT2D eigenvalue weighted by Gasteiger charge is 2.24. The Kier molecular flexibility index (Phi) is 4.10. The van der Waals surface area contributed by atoms with E-state index in [1.54, 1.807) is 4.68 Å². The topological polar surface area (TPSA) is 86.8 Å². The number of hydrogen-bond acceptors (Lipinski definition) is 7. The summed E-state index contributed by atoms with van der Waals surface area (Å²) in [7, 11) is 1.84. The number of nitrogens with zero attached hydrogens (tertiary/aromatic N) is 8. The second-order valence-electron chi connectivity index (χ2n) is 7.62. The van der Waals surface area contributed by atoms with Crippen LogP contribution in [0.2, 0.25) is 0 Å². The summed E-state index contributed by atoms with van der Waals surface area (Å²) >= 11 is 0. The number of rotatable bonds is 3. The van der Waals surface area contributed by atoms with E-state index in [1.165, 1.54) is 0 Å². The van der Waals surface area contributed by atoms with Crippen LogP contribution in [0.1, 0.15) is 32.4 Å². The summed E-state index contributed by atoms with van der Waals surface area (Å²) < 4.78 is 9.27. The Morgan fingerprint density at radius 1 is 1.15 bits per heavy atom. The first-order chi connectivity index (χ1) is 12.4. The fourth-order valence-electron chi connectivity index (χ4n) is 3.06. The summed E-state index contributed by atoms with van der Waals surface area (Å²) in [5.74, 6) is 2.60. The molecule has 3 aromatic rings. The van der Waals surface area contributed by atoms with Crippen LogP contribution in [0.25, 0.3) is 11.0 Å². The number of fused-ring (bicyclic) bond motifs is 1. The van der Waals surface area contributed by atoms with Crippen LogP contribution in [0.3, 0.4) is 0 Å². The Labute approximate surface area is 152 Å². The van der Waals surface area contributed by atoms with E-state index in [0.29, 0.717) is 6.54 Å². The molecule has 0 bridgehead atoms. The van der Waals surface area contributed by atoms with Crippen LogP contribution >= 0.6 is 0 Å². The number of morpholine rings is 1. The molecule has 0 N–H and O–H groups in total. The largest absolute Gasteiger partial charge is 0.378 e. The highest BCUT2D eigenvalue weighted by atomic mass is 16.5. The molecule has 0 radical (unpaired) electrons. The van der Waals surface area contributed by atoms with Gasteiger partial charge in [0.25, 0.3) is 0 Å². The van der Waals surface area contributed by atoms with E-state index < -0.39 is 0 Å². The molecular weight excluding hydrogens is 332 g/mol. The van der Waals surface area contributed by atoms with Crippen molar-refractivity contribution in [2.75, 3.05) is 31.2 Å². The molecule has 1 aliphatic rings. The molecule has 0 aromatic carbocycles. The maximum atomic E-state index is 5.50. The number of tetrazole rings is 1. The molecular formula is C17H24N8O. The van der Waals surface area contributed by atoms with Gasteiger partial charge in [-0.15, -0.1) is 5.10 Å². The van der Waals surface area contributed by atoms with Gasteiger partial charge in [-0.1, -0.05) is 20.8 Å². The Bertz CT molecular complexity index is 917. The average Bonchev–Trinajstić information content (AvgIpc) is 3.21. The fourth-order valence-corrected chi connectivity index (χ4v) is 3.06. The number of hydrogen-bond donors (Lipinski definition) is 0. The van der Waals surface area contributed by atoms with Gasteiger partial charge in [0, 0.05) is 31.7 Å². The Balaban J connectivity index is 1.84. The predicted octanol–water partition coefficient (Wildman–Crippen LogP) is 1.14. The zero-order valence-electron chi connectivity index (χ0n) is 15.7. The third kappa shape index (κ3) is 3.03. The van der Waals surface area contributed by atoms with Gasteiger partial charge in [0.2, 0.25) is 0 Å². The molecule has 1 fully saturated rings. The van der Waals surface area contributed by atoms with Gasteiger partial charge in [-0.2, -0.15) is 0 Å². The number of aryl methyl sites for hydroxylation is 1. The van der Waals surface area contributed by atoms with Crippen molar-refractivity contribution in [2.45, 2.75) is 32.7 Å². The van der Waals surface area contributed by atoms with E-state index >= 15 is 0 Å². The first kappa shape index (κ1) is 16.9. The molecule has 1 saturated heterocycles. The van der Waals surface area contributed by atoms with E-state index in [2.05, 4.69) is 51.8 Å². The second-order valence-corrected chi connectivity index (χ2v) is 7.62. The summed E-state index contributed by atoms with van der Waals surface area (Å²) in [6, 6.07) is 2.08. The first-order valence-corrected chi connectivity index (χ1v) is 8.85. The van der Waals surface area contributed by atoms with Gasteiger partial charge < -0.3 is 14.2 Å². The molecule has 9 heteroatoms. The van der Waals surface area contributed by atoms with Crippen molar-refractivity contribution in [3.8, 4) is 0 Å². The Morgan fingerprint density at radius 2 is 1.92 bits per heavy atom. The van der Waals surface area contributed by atoms with E-state index in [4.69, 9.17) is 14.7 Å². The highest BCUT2D eigenvalue weighted by molar-refractivity contribution is 5.88. The van der Waals surface area contributed by atoms with E-state index in [0.717, 1.165) is 54.8 Å². The third-order valence-corrected chi connectivity index (χ3v) is 4.60. The van der Waals surface area contributed by atoms with Crippen molar-refractivity contribution in [1.82, 2.24) is 34.7 Å². The maximum absolute atomic E-state index is 5.50. The second kappa shape index (κ2) is 6.31. The summed E-state index contributed by atoms with van der Waals surface area (Å²) in [4.78, 5) is 12.1. The van der Waals surface area contributed by atoms with Crippen LogP contribution in [0.15, 0.2) is 12.3 Å². The SMILES string of the molecule is Cn1nnnc1Cn1ccc2c(N3CCOCC3)nc(C(C)(C)C)nc21. The van der Waals surface area contributed by atoms with E-state index in [9.17, 15) is 0 Å². The lowest BCUT2D eigenvalue weighted by Gasteiger charge is -2.29. The monoisotopic (exact) mass is 356 g/mol. The van der Waals surface area contributed by atoms with Gasteiger partial charge in [-0.05, 0) is 16.5 Å². The van der Waals surface area contributed by atoms with Crippen molar-refractivity contribution < 1.29 is 4.74 Å². The molecule has 0 spiro atoms. The molecule has 0 saturated carbocycles. The average molecular weight is 356 g/mol. The number of anilines is 1. The van der Waals surface area contributed by atoms with Gasteiger partial charge >= 0.3 is 0 Å². The maximum Gasteiger partial charge on any atom is 0.170 e. The van der Waals surface area contributed by atoms with Gasteiger partial charge in [-0.3, -0.25) is 0 Å². The number of aromatic nitrogens is 7. The smallest absolute Gasteiger partial charge is 0.170 e. The minimum absolute atomic E-state index is 0.142. The van der Waals surface area contributed by atoms with Crippen LogP contribution in [0.5, 0.6) is 0 Å². The van der Waals surface area contributed by atoms with Crippen molar-refractivity contribution >= 4 is 16.9 Å². The zero-order valence-corrected chi connectivity index (χ0v) is 15.7. The molecule has 1 aliphatic heterocycles. The lowest BCUT2D eigenvalue weighted by molar-refractivity contribution is 0.122. The quantitative estimate of drug-likeness (QED) is 0.695. The summed E-state index contributed by atoms with van der Waals surface area (Å²) in [5, 5.41) is 12.8. The summed E-state index contributed by atoms with van der Waals surface area (Å²) in [6.45, 7) is 10.1. The van der Waals surface area contributed by atoms with Crippen LogP contribution in [-0.2, 0) is 23.7 Å². The lowest BCUT2D eigenvalue weighted by Crippen LogP contribution is -2.37. The lowest BCUT2D eigenvalue weighted by atomic mass is 9.95. The first-order valence-electron chi connectivity index (χ1n) is 8.85. The predicted molar refractivity (Wildman–Crippen MR) is 97.2 cm³/mol. The molecule has 9 nitrogen and oxygen atoms in total. The highest BCUT2D eigenvalue weighted by Crippen LogP contribution is 2.29. The van der Waals surface area contributed by atoms with Gasteiger partial charge in [-0.25, -0.2) is 14.6 Å². The van der Waals surface area contributed by atoms with Crippen LogP contribution < -0.4 is 4.90 Å². The Hall–Kier alpha value is -2.55. The molecule has 4 rings (SSSR count). The van der Waals surface area contributed by atoms with E-state index in [-0.39, 0.29) is 5.41 Å². The van der Waals surface area contributed by atoms with Crippen LogP contribution in [0.4, 0.5) is 5.82 Å². The normalized spacial score (nSPS) is 15.8. The van der Waals surface area contributed by atoms with Gasteiger partial charge in [0.15, 0.2) is 5.82 Å². The molecule has 138 valence electrons. The van der Waals surface area contributed by atoms with Crippen LogP contribution in [0, 0.1) is 0 Å². The fraction of sp³-hybridized carbons (Fsp3) is 0.588. The van der Waals surface area contributed by atoms with Gasteiger partial charge in [0.1, 0.15) is 17.3 Å². The third-order valence-electron chi connectivity index (χ3n) is 4.60. The van der Waals surface area contributed by atoms with Crippen molar-refractivity contribution in [3.63, 3.8) is 0 Å². The van der Waals surface area contributed by atoms with Crippen molar-refractivity contribution in [3.05, 3.63) is 23.9 Å². The molecule has 0 aliphatic carbocycles. The molecule has 26 heavy (non-hydrogen) atoms. The number of ether oxygens (including phenoxy) is 1. The van der Waals surface area contributed by atoms with Crippen LogP contribution in [-0.4, -0.2) is 61.0 Å². The van der Waals surface area contributed by atoms with Gasteiger partial charge in [0.05, 0.1) is 25.1 Å². The molecule has 0 atom stereocenters. The summed E-state index contributed by atoms with van der Waals surface area (Å²) in [5.41, 5.74) is 0.769. The molecule has 0 amide bonds. The van der Waals surface area contributed by atoms with Crippen molar-refractivity contribution in [2.24, 2.45) is 7.05 Å². The molecule has 4 heterocycles. The molecule has 0 unspecified atom stereocenters. The standard InChI is InChI=1S/C17H24N8O/c1-17(2,3)16-18-14(24-7-9-26-10-8-24)12-5-6-25(15(12)19-16)11-13-20-21-22-23(13)4/h5-6H,7-11H2,1-4H3. The summed E-state index contributed by atoms with van der Waals surface area (Å²) in [6.07, 6.45) is 2.03. The minimum atomic E-state index is -0.142. The zero-order chi connectivity index (χ0) is 18.3. The minimum Gasteiger partial charge on any atom is -0.378 e. The van der Waals surface area contributed by atoms with Crippen molar-refractivity contribution in [1.29, 1.82) is 0 Å². The Morgan fingerprint density at radius 3 is 2.58 bits per heavy atom. The van der Waals surface area contributed by atoms with E-state index in [1.807, 2.05) is 13.2 Å².